The Balaban J connectivity index is 1.46. The van der Waals surface area contributed by atoms with E-state index in [-0.39, 0.29) is 23.1 Å². The molecule has 0 spiro atoms. The summed E-state index contributed by atoms with van der Waals surface area (Å²) >= 11 is 0. The lowest BCUT2D eigenvalue weighted by Gasteiger charge is -2.47. The number of aromatic nitrogens is 3. The molecule has 0 saturated carbocycles. The van der Waals surface area contributed by atoms with Crippen LogP contribution in [-0.2, 0) is 4.74 Å². The van der Waals surface area contributed by atoms with E-state index in [1.165, 1.54) is 11.2 Å². The third-order valence-electron chi connectivity index (χ3n) is 7.23. The molecule has 2 atom stereocenters. The van der Waals surface area contributed by atoms with Crippen LogP contribution in [0.3, 0.4) is 0 Å². The third kappa shape index (κ3) is 5.38. The Hall–Kier alpha value is -3.86. The molecule has 1 aromatic carbocycles. The van der Waals surface area contributed by atoms with Gasteiger partial charge < -0.3 is 35.3 Å². The highest BCUT2D eigenvalue weighted by molar-refractivity contribution is 5.92. The Kier molecular flexibility index (Phi) is 7.11. The molecule has 1 unspecified atom stereocenters. The lowest BCUT2D eigenvalue weighted by molar-refractivity contribution is 0.0518. The van der Waals surface area contributed by atoms with Crippen molar-refractivity contribution < 1.29 is 14.6 Å². The molecule has 0 bridgehead atoms. The molecule has 11 nitrogen and oxygen atoms in total. The number of likely N-dealkylation sites (tertiary alicyclic amines) is 1. The number of fused-ring (bicyclic) bond motifs is 1. The van der Waals surface area contributed by atoms with Gasteiger partial charge in [-0.2, -0.15) is 0 Å². The van der Waals surface area contributed by atoms with Gasteiger partial charge in [-0.05, 0) is 42.5 Å². The topological polar surface area (TPSA) is 136 Å². The molecule has 4 N–H and O–H groups in total. The van der Waals surface area contributed by atoms with Crippen molar-refractivity contribution in [2.24, 2.45) is 5.41 Å². The number of hydrogen-bond acceptors (Lipinski definition) is 8. The number of anilines is 4. The number of rotatable bonds is 5. The Morgan fingerprint density at radius 1 is 1.16 bits per heavy atom. The quantitative estimate of drug-likeness (QED) is 0.394. The first-order chi connectivity index (χ1) is 18.2. The second-order valence-electron chi connectivity index (χ2n) is 10.9. The van der Waals surface area contributed by atoms with Crippen LogP contribution in [-0.4, -0.2) is 76.0 Å². The van der Waals surface area contributed by atoms with Gasteiger partial charge in [-0.25, -0.2) is 14.8 Å². The van der Waals surface area contributed by atoms with Gasteiger partial charge >= 0.3 is 6.09 Å². The van der Waals surface area contributed by atoms with Crippen LogP contribution in [0.5, 0.6) is 0 Å². The second-order valence-corrected chi connectivity index (χ2v) is 10.9. The van der Waals surface area contributed by atoms with E-state index in [2.05, 4.69) is 46.3 Å². The molecule has 2 aromatic heterocycles. The number of aromatic amines is 1. The van der Waals surface area contributed by atoms with Crippen LogP contribution in [0.2, 0.25) is 0 Å². The smallest absolute Gasteiger partial charge is 0.407 e. The number of pyridine rings is 1. The summed E-state index contributed by atoms with van der Waals surface area (Å²) in [6.45, 7) is 9.79. The van der Waals surface area contributed by atoms with Crippen molar-refractivity contribution in [1.29, 1.82) is 0 Å². The van der Waals surface area contributed by atoms with Gasteiger partial charge in [-0.3, -0.25) is 4.79 Å². The maximum Gasteiger partial charge on any atom is 0.407 e. The van der Waals surface area contributed by atoms with E-state index in [0.717, 1.165) is 37.3 Å². The molecule has 38 heavy (non-hydrogen) atoms. The van der Waals surface area contributed by atoms with E-state index in [0.29, 0.717) is 42.3 Å². The predicted octanol–water partition coefficient (Wildman–Crippen LogP) is 3.87. The van der Waals surface area contributed by atoms with Crippen LogP contribution in [0.15, 0.2) is 41.5 Å². The largest absolute Gasteiger partial charge is 0.465 e. The molecule has 4 heterocycles. The Bertz CT molecular complexity index is 1350. The van der Waals surface area contributed by atoms with E-state index in [4.69, 9.17) is 9.72 Å². The van der Waals surface area contributed by atoms with E-state index in [9.17, 15) is 14.7 Å². The summed E-state index contributed by atoms with van der Waals surface area (Å²) in [6, 6.07) is 9.36. The molecule has 2 fully saturated rings. The first-order valence-corrected chi connectivity index (χ1v) is 13.0. The lowest BCUT2D eigenvalue weighted by Crippen LogP contribution is -2.58. The fourth-order valence-corrected chi connectivity index (χ4v) is 5.59. The van der Waals surface area contributed by atoms with E-state index < -0.39 is 6.09 Å². The van der Waals surface area contributed by atoms with E-state index in [1.54, 1.807) is 6.07 Å². The summed E-state index contributed by atoms with van der Waals surface area (Å²) in [7, 11) is 0. The molecular formula is C27H35N7O4. The maximum atomic E-state index is 12.8. The zero-order valence-corrected chi connectivity index (χ0v) is 22.0. The van der Waals surface area contributed by atoms with Crippen molar-refractivity contribution in [3.05, 3.63) is 47.0 Å². The van der Waals surface area contributed by atoms with E-state index >= 15 is 0 Å². The third-order valence-corrected chi connectivity index (χ3v) is 7.23. The van der Waals surface area contributed by atoms with E-state index in [1.807, 2.05) is 24.3 Å². The monoisotopic (exact) mass is 521 g/mol. The van der Waals surface area contributed by atoms with Crippen molar-refractivity contribution >= 4 is 40.0 Å². The van der Waals surface area contributed by atoms with Gasteiger partial charge in [-0.15, -0.1) is 0 Å². The first kappa shape index (κ1) is 25.8. The minimum atomic E-state index is -0.918. The molecule has 2 saturated heterocycles. The average molecular weight is 522 g/mol. The van der Waals surface area contributed by atoms with Crippen molar-refractivity contribution in [1.82, 2.24) is 19.9 Å². The number of ether oxygens (including phenoxy) is 1. The molecule has 202 valence electrons. The summed E-state index contributed by atoms with van der Waals surface area (Å²) in [4.78, 5) is 40.4. The van der Waals surface area contributed by atoms with Gasteiger partial charge in [0, 0.05) is 43.1 Å². The average Bonchev–Trinajstić information content (AvgIpc) is 2.89. The summed E-state index contributed by atoms with van der Waals surface area (Å²) in [5, 5.41) is 17.0. The van der Waals surface area contributed by atoms with Crippen LogP contribution in [0.1, 0.15) is 33.6 Å². The van der Waals surface area contributed by atoms with Gasteiger partial charge in [0.05, 0.1) is 31.1 Å². The predicted molar refractivity (Wildman–Crippen MR) is 148 cm³/mol. The highest BCUT2D eigenvalue weighted by Gasteiger charge is 2.42. The number of hydrogen-bond donors (Lipinski definition) is 4. The fourth-order valence-electron chi connectivity index (χ4n) is 5.59. The Morgan fingerprint density at radius 2 is 1.89 bits per heavy atom. The van der Waals surface area contributed by atoms with Gasteiger partial charge in [-0.1, -0.05) is 20.8 Å². The maximum absolute atomic E-state index is 12.8. The van der Waals surface area contributed by atoms with Crippen molar-refractivity contribution in [2.45, 2.75) is 45.7 Å². The summed E-state index contributed by atoms with van der Waals surface area (Å²) in [6.07, 6.45) is 2.02. The number of benzene rings is 1. The number of carbonyl (C=O) groups is 1. The van der Waals surface area contributed by atoms with Crippen LogP contribution in [0.25, 0.3) is 10.9 Å². The van der Waals surface area contributed by atoms with Crippen LogP contribution >= 0.6 is 0 Å². The summed E-state index contributed by atoms with van der Waals surface area (Å²) in [5.41, 5.74) is 1.82. The molecule has 5 rings (SSSR count). The number of H-pyrrole nitrogens is 1. The molecule has 11 heteroatoms. The van der Waals surface area contributed by atoms with Crippen LogP contribution in [0.4, 0.5) is 27.8 Å². The minimum Gasteiger partial charge on any atom is -0.465 e. The fraction of sp³-hybridized carbons (Fsp3) is 0.481. The normalized spacial score (nSPS) is 20.4. The lowest BCUT2D eigenvalue weighted by atomic mass is 9.77. The highest BCUT2D eigenvalue weighted by atomic mass is 16.5. The summed E-state index contributed by atoms with van der Waals surface area (Å²) < 4.78 is 5.45. The zero-order chi connectivity index (χ0) is 26.9. The molecule has 2 aliphatic rings. The Labute approximate surface area is 221 Å². The molecule has 2 aliphatic heterocycles. The van der Waals surface area contributed by atoms with Gasteiger partial charge in [0.2, 0.25) is 0 Å². The molecule has 1 amide bonds. The molecular weight excluding hydrogens is 486 g/mol. The van der Waals surface area contributed by atoms with Crippen molar-refractivity contribution in [3.63, 3.8) is 0 Å². The van der Waals surface area contributed by atoms with Gasteiger partial charge in [0.25, 0.3) is 5.56 Å². The van der Waals surface area contributed by atoms with Gasteiger partial charge in [0.15, 0.2) is 0 Å². The number of morpholine rings is 1. The minimum absolute atomic E-state index is 0.146. The number of nitrogens with one attached hydrogen (secondary N) is 3. The number of nitrogens with zero attached hydrogens (tertiary/aromatic N) is 4. The molecule has 0 aliphatic carbocycles. The zero-order valence-electron chi connectivity index (χ0n) is 22.0. The SMILES string of the molecule is CC(C)(C)C1[C@H](Nc2cc3nc[nH]c(=O)c3c(Nc3ccc(N4CCOCC4)cc3)n2)CCCN1C(=O)O. The summed E-state index contributed by atoms with van der Waals surface area (Å²) in [5.74, 6) is 0.922. The van der Waals surface area contributed by atoms with Crippen molar-refractivity contribution in [3.8, 4) is 0 Å². The second kappa shape index (κ2) is 10.5. The number of amides is 1. The van der Waals surface area contributed by atoms with Crippen LogP contribution < -0.4 is 21.1 Å². The molecule has 3 aromatic rings. The number of piperidine rings is 1. The standard InChI is InChI=1S/C27H35N7O4/c1-27(2,3)23-19(5-4-10-34(23)26(36)37)31-21-15-20-22(25(35)29-16-28-20)24(32-21)30-17-6-8-18(9-7-17)33-11-13-38-14-12-33/h6-9,15-16,19,23H,4-5,10-14H2,1-3H3,(H,36,37)(H,28,29,35)(H2,30,31,32)/t19-,23?/m1/s1. The first-order valence-electron chi connectivity index (χ1n) is 13.0. The number of carboxylic acid groups (broad SMARTS) is 1. The molecule has 0 radical (unpaired) electrons. The highest BCUT2D eigenvalue weighted by Crippen LogP contribution is 2.34. The Morgan fingerprint density at radius 3 is 2.58 bits per heavy atom. The van der Waals surface area contributed by atoms with Gasteiger partial charge in [0.1, 0.15) is 17.0 Å². The van der Waals surface area contributed by atoms with Crippen LogP contribution in [0, 0.1) is 5.41 Å². The van der Waals surface area contributed by atoms with Crippen molar-refractivity contribution in [2.75, 3.05) is 48.4 Å².